The van der Waals surface area contributed by atoms with E-state index in [1.807, 2.05) is 63.5 Å². The lowest BCUT2D eigenvalue weighted by molar-refractivity contribution is 0.324. The highest BCUT2D eigenvalue weighted by molar-refractivity contribution is 7.85. The third-order valence-electron chi connectivity index (χ3n) is 3.40. The molecule has 0 amide bonds. The zero-order chi connectivity index (χ0) is 14.5. The van der Waals surface area contributed by atoms with E-state index in [0.29, 0.717) is 5.75 Å². The van der Waals surface area contributed by atoms with Crippen LogP contribution in [0.2, 0.25) is 0 Å². The van der Waals surface area contributed by atoms with E-state index in [0.717, 1.165) is 4.90 Å². The first-order chi connectivity index (χ1) is 9.58. The van der Waals surface area contributed by atoms with Crippen LogP contribution < -0.4 is 0 Å². The van der Waals surface area contributed by atoms with Gasteiger partial charge in [-0.1, -0.05) is 48.0 Å². The van der Waals surface area contributed by atoms with Gasteiger partial charge in [0.05, 0.1) is 10.8 Å². The van der Waals surface area contributed by atoms with E-state index in [9.17, 15) is 4.21 Å². The summed E-state index contributed by atoms with van der Waals surface area (Å²) in [5.74, 6) is 0.611. The summed E-state index contributed by atoms with van der Waals surface area (Å²) in [6.07, 6.45) is 0. The second kappa shape index (κ2) is 6.82. The molecule has 0 heterocycles. The molecule has 2 rings (SSSR count). The van der Waals surface area contributed by atoms with E-state index in [2.05, 4.69) is 17.0 Å². The first-order valence-electron chi connectivity index (χ1n) is 6.74. The monoisotopic (exact) mass is 287 g/mol. The van der Waals surface area contributed by atoms with Crippen molar-refractivity contribution in [2.45, 2.75) is 17.9 Å². The largest absolute Gasteiger partial charge is 0.301 e. The van der Waals surface area contributed by atoms with E-state index in [-0.39, 0.29) is 6.04 Å². The van der Waals surface area contributed by atoms with Crippen molar-refractivity contribution in [2.24, 2.45) is 0 Å². The van der Waals surface area contributed by atoms with Crippen LogP contribution in [0, 0.1) is 6.92 Å². The van der Waals surface area contributed by atoms with Gasteiger partial charge in [0.15, 0.2) is 0 Å². The van der Waals surface area contributed by atoms with Crippen LogP contribution in [0.4, 0.5) is 0 Å². The lowest BCUT2D eigenvalue weighted by atomic mass is 10.1. The number of aryl methyl sites for hydroxylation is 1. The molecule has 0 aliphatic heterocycles. The van der Waals surface area contributed by atoms with Gasteiger partial charge in [0.1, 0.15) is 0 Å². The van der Waals surface area contributed by atoms with Crippen molar-refractivity contribution in [3.05, 3.63) is 65.7 Å². The Bertz CT molecular complexity index is 563. The summed E-state index contributed by atoms with van der Waals surface area (Å²) in [4.78, 5) is 3.03. The smallest absolute Gasteiger partial charge is 0.0548 e. The van der Waals surface area contributed by atoms with Crippen LogP contribution >= 0.6 is 0 Å². The Morgan fingerprint density at radius 1 is 1.00 bits per heavy atom. The lowest BCUT2D eigenvalue weighted by Crippen LogP contribution is -2.25. The van der Waals surface area contributed by atoms with Gasteiger partial charge < -0.3 is 4.90 Å². The molecule has 0 aliphatic carbocycles. The molecule has 0 spiro atoms. The van der Waals surface area contributed by atoms with E-state index in [4.69, 9.17) is 0 Å². The van der Waals surface area contributed by atoms with Gasteiger partial charge in [-0.05, 0) is 38.7 Å². The highest BCUT2D eigenvalue weighted by atomic mass is 32.2. The van der Waals surface area contributed by atoms with Crippen LogP contribution in [-0.2, 0) is 10.8 Å². The summed E-state index contributed by atoms with van der Waals surface area (Å²) < 4.78 is 12.5. The molecule has 2 aromatic carbocycles. The molecule has 0 aromatic heterocycles. The zero-order valence-electron chi connectivity index (χ0n) is 12.2. The SMILES string of the molecule is Cc1ccc([S@](=O)C[C@@H](c2ccccc2)N(C)C)cc1. The first-order valence-corrected chi connectivity index (χ1v) is 8.06. The van der Waals surface area contributed by atoms with Gasteiger partial charge in [0, 0.05) is 16.7 Å². The summed E-state index contributed by atoms with van der Waals surface area (Å²) in [7, 11) is 3.08. The summed E-state index contributed by atoms with van der Waals surface area (Å²) in [6.45, 7) is 2.04. The molecule has 0 saturated heterocycles. The van der Waals surface area contributed by atoms with Gasteiger partial charge in [-0.2, -0.15) is 0 Å². The Kier molecular flexibility index (Phi) is 5.10. The van der Waals surface area contributed by atoms with Crippen LogP contribution in [0.1, 0.15) is 17.2 Å². The average molecular weight is 287 g/mol. The minimum atomic E-state index is -0.984. The molecule has 0 bridgehead atoms. The molecule has 0 aliphatic rings. The quantitative estimate of drug-likeness (QED) is 0.840. The fraction of sp³-hybridized carbons (Fsp3) is 0.294. The van der Waals surface area contributed by atoms with Crippen molar-refractivity contribution < 1.29 is 4.21 Å². The fourth-order valence-corrected chi connectivity index (χ4v) is 3.56. The molecular formula is C17H21NOS. The van der Waals surface area contributed by atoms with Gasteiger partial charge in [-0.15, -0.1) is 0 Å². The third-order valence-corrected chi connectivity index (χ3v) is 4.82. The molecule has 0 radical (unpaired) electrons. The molecule has 0 fully saturated rings. The van der Waals surface area contributed by atoms with Crippen molar-refractivity contribution in [1.82, 2.24) is 4.90 Å². The van der Waals surface area contributed by atoms with Crippen LogP contribution in [0.5, 0.6) is 0 Å². The summed E-state index contributed by atoms with van der Waals surface area (Å²) >= 11 is 0. The first kappa shape index (κ1) is 14.9. The van der Waals surface area contributed by atoms with Crippen molar-refractivity contribution in [3.63, 3.8) is 0 Å². The second-order valence-electron chi connectivity index (χ2n) is 5.22. The second-order valence-corrected chi connectivity index (χ2v) is 6.71. The van der Waals surface area contributed by atoms with E-state index in [1.165, 1.54) is 11.1 Å². The number of nitrogens with zero attached hydrogens (tertiary/aromatic N) is 1. The average Bonchev–Trinajstić information content (AvgIpc) is 2.46. The van der Waals surface area contributed by atoms with Crippen molar-refractivity contribution >= 4 is 10.8 Å². The Hall–Kier alpha value is -1.45. The summed E-state index contributed by atoms with van der Waals surface area (Å²) in [5, 5.41) is 0. The highest BCUT2D eigenvalue weighted by Crippen LogP contribution is 2.21. The maximum absolute atomic E-state index is 12.5. The van der Waals surface area contributed by atoms with Gasteiger partial charge >= 0.3 is 0 Å². The van der Waals surface area contributed by atoms with Crippen molar-refractivity contribution in [2.75, 3.05) is 19.8 Å². The Morgan fingerprint density at radius 3 is 2.15 bits per heavy atom. The van der Waals surface area contributed by atoms with E-state index < -0.39 is 10.8 Å². The molecule has 3 heteroatoms. The molecule has 2 nitrogen and oxygen atoms in total. The number of benzene rings is 2. The van der Waals surface area contributed by atoms with Gasteiger partial charge in [0.25, 0.3) is 0 Å². The highest BCUT2D eigenvalue weighted by Gasteiger charge is 2.18. The predicted octanol–water partition coefficient (Wildman–Crippen LogP) is 3.41. The number of hydrogen-bond acceptors (Lipinski definition) is 2. The fourth-order valence-electron chi connectivity index (χ4n) is 2.15. The van der Waals surface area contributed by atoms with Crippen LogP contribution in [-0.4, -0.2) is 29.0 Å². The Balaban J connectivity index is 2.17. The van der Waals surface area contributed by atoms with Crippen molar-refractivity contribution in [1.29, 1.82) is 0 Å². The maximum Gasteiger partial charge on any atom is 0.0548 e. The zero-order valence-corrected chi connectivity index (χ0v) is 13.1. The minimum Gasteiger partial charge on any atom is -0.301 e. The Labute approximate surface area is 123 Å². The molecule has 106 valence electrons. The Morgan fingerprint density at radius 2 is 1.60 bits per heavy atom. The normalized spacial score (nSPS) is 14.2. The topological polar surface area (TPSA) is 20.3 Å². The minimum absolute atomic E-state index is 0.165. The van der Waals surface area contributed by atoms with Gasteiger partial charge in [0.2, 0.25) is 0 Å². The molecule has 2 aromatic rings. The molecule has 2 atom stereocenters. The van der Waals surface area contributed by atoms with E-state index >= 15 is 0 Å². The van der Waals surface area contributed by atoms with Crippen LogP contribution in [0.25, 0.3) is 0 Å². The third kappa shape index (κ3) is 3.78. The number of rotatable bonds is 5. The van der Waals surface area contributed by atoms with Crippen LogP contribution in [0.3, 0.4) is 0 Å². The van der Waals surface area contributed by atoms with Gasteiger partial charge in [-0.25, -0.2) is 0 Å². The molecule has 20 heavy (non-hydrogen) atoms. The standard InChI is InChI=1S/C17H21NOS/c1-14-9-11-16(12-10-14)20(19)13-17(18(2)3)15-7-5-4-6-8-15/h4-12,17H,13H2,1-3H3/t17-,20+/m0/s1. The lowest BCUT2D eigenvalue weighted by Gasteiger charge is -2.24. The molecule has 0 saturated carbocycles. The predicted molar refractivity (Wildman–Crippen MR) is 85.3 cm³/mol. The van der Waals surface area contributed by atoms with Crippen molar-refractivity contribution in [3.8, 4) is 0 Å². The maximum atomic E-state index is 12.5. The van der Waals surface area contributed by atoms with Crippen LogP contribution in [0.15, 0.2) is 59.5 Å². The molecule has 0 unspecified atom stereocenters. The van der Waals surface area contributed by atoms with E-state index in [1.54, 1.807) is 0 Å². The molecular weight excluding hydrogens is 266 g/mol. The summed E-state index contributed by atoms with van der Waals surface area (Å²) in [5.41, 5.74) is 2.40. The van der Waals surface area contributed by atoms with Gasteiger partial charge in [-0.3, -0.25) is 4.21 Å². The molecule has 0 N–H and O–H groups in total. The summed E-state index contributed by atoms with van der Waals surface area (Å²) in [6, 6.07) is 18.4. The number of hydrogen-bond donors (Lipinski definition) is 0.